The summed E-state index contributed by atoms with van der Waals surface area (Å²) in [6.45, 7) is -0.375. The number of anilines is 1. The van der Waals surface area contributed by atoms with E-state index >= 15 is 0 Å². The monoisotopic (exact) mass is 484 g/mol. The van der Waals surface area contributed by atoms with Gasteiger partial charge in [-0.1, -0.05) is 6.42 Å². The summed E-state index contributed by atoms with van der Waals surface area (Å²) < 4.78 is 44.7. The molecule has 2 aromatic carbocycles. The van der Waals surface area contributed by atoms with Crippen molar-refractivity contribution < 1.29 is 27.5 Å². The number of alkyl halides is 3. The number of nitrogens with zero attached hydrogens (tertiary/aromatic N) is 3. The first-order valence-corrected chi connectivity index (χ1v) is 11.1. The van der Waals surface area contributed by atoms with Gasteiger partial charge < -0.3 is 15.0 Å². The van der Waals surface area contributed by atoms with Gasteiger partial charge in [0, 0.05) is 11.3 Å². The lowest BCUT2D eigenvalue weighted by molar-refractivity contribution is -0.137. The fourth-order valence-electron chi connectivity index (χ4n) is 4.56. The van der Waals surface area contributed by atoms with E-state index in [1.165, 1.54) is 12.0 Å². The minimum atomic E-state index is -4.68. The maximum Gasteiger partial charge on any atom is 0.416 e. The van der Waals surface area contributed by atoms with Crippen molar-refractivity contribution in [1.82, 2.24) is 4.90 Å². The Hall–Kier alpha value is -3.87. The predicted octanol–water partition coefficient (Wildman–Crippen LogP) is 4.52. The zero-order chi connectivity index (χ0) is 25.2. The van der Waals surface area contributed by atoms with Gasteiger partial charge in [0.25, 0.3) is 5.91 Å². The van der Waals surface area contributed by atoms with Crippen molar-refractivity contribution in [3.63, 3.8) is 0 Å². The van der Waals surface area contributed by atoms with Gasteiger partial charge in [-0.05, 0) is 68.1 Å². The molecule has 1 aliphatic heterocycles. The molecule has 0 saturated heterocycles. The molecule has 7 nitrogen and oxygen atoms in total. The normalized spacial score (nSPS) is 17.2. The average molecular weight is 484 g/mol. The van der Waals surface area contributed by atoms with E-state index in [4.69, 9.17) is 15.0 Å². The second kappa shape index (κ2) is 9.41. The van der Waals surface area contributed by atoms with Gasteiger partial charge in [0.1, 0.15) is 23.7 Å². The van der Waals surface area contributed by atoms with Gasteiger partial charge in [-0.2, -0.15) is 18.4 Å². The van der Waals surface area contributed by atoms with Gasteiger partial charge in [0.15, 0.2) is 0 Å². The number of benzene rings is 2. The Kier molecular flexibility index (Phi) is 6.52. The highest BCUT2D eigenvalue weighted by molar-refractivity contribution is 6.47. The lowest BCUT2D eigenvalue weighted by Gasteiger charge is -2.38. The molecule has 0 atom stereocenters. The lowest BCUT2D eigenvalue weighted by Crippen LogP contribution is -2.51. The van der Waals surface area contributed by atoms with E-state index in [0.29, 0.717) is 30.2 Å². The largest absolute Gasteiger partial charge is 0.497 e. The lowest BCUT2D eigenvalue weighted by atomic mass is 9.88. The third kappa shape index (κ3) is 4.99. The van der Waals surface area contributed by atoms with Crippen molar-refractivity contribution >= 4 is 23.2 Å². The van der Waals surface area contributed by atoms with Crippen LogP contribution in [-0.2, 0) is 15.8 Å². The van der Waals surface area contributed by atoms with Crippen molar-refractivity contribution in [2.45, 2.75) is 43.9 Å². The minimum absolute atomic E-state index is 0.165. The number of nitrogens with one attached hydrogen (secondary N) is 1. The average Bonchev–Trinajstić information content (AvgIpc) is 3.09. The fraction of sp³-hybridized carbons (Fsp3) is 0.360. The topological polar surface area (TPSA) is 94.8 Å². The van der Waals surface area contributed by atoms with E-state index in [-0.39, 0.29) is 23.5 Å². The summed E-state index contributed by atoms with van der Waals surface area (Å²) in [5, 5.41) is 11.5. The molecule has 1 heterocycles. The van der Waals surface area contributed by atoms with Gasteiger partial charge >= 0.3 is 6.18 Å². The summed E-state index contributed by atoms with van der Waals surface area (Å²) in [4.78, 5) is 32.5. The molecule has 0 aromatic heterocycles. The van der Waals surface area contributed by atoms with Crippen LogP contribution in [0.1, 0.15) is 48.8 Å². The summed E-state index contributed by atoms with van der Waals surface area (Å²) in [6, 6.07) is 11.2. The van der Waals surface area contributed by atoms with Gasteiger partial charge in [-0.25, -0.2) is 0 Å². The molecule has 1 saturated carbocycles. The number of rotatable bonds is 5. The third-order valence-electron chi connectivity index (χ3n) is 6.26. The number of hydrogen-bond donors (Lipinski definition) is 1. The molecule has 1 spiro atoms. The standard InChI is InChI=1S/C25H23F3N4O3/c1-35-20-7-5-17(6-8-20)22-23(34)32(24(31-22)9-3-2-4-10-24)15-21(33)30-19-12-16(14-29)11-18(13-19)25(26,27)28/h5-8,11-13H,2-4,9-10,15H2,1H3,(H,30,33). The smallest absolute Gasteiger partial charge is 0.416 e. The molecule has 0 unspecified atom stereocenters. The molecule has 0 radical (unpaired) electrons. The molecule has 1 fully saturated rings. The van der Waals surface area contributed by atoms with Crippen LogP contribution in [0.4, 0.5) is 18.9 Å². The van der Waals surface area contributed by atoms with Gasteiger partial charge in [0.2, 0.25) is 5.91 Å². The van der Waals surface area contributed by atoms with Gasteiger partial charge in [-0.3, -0.25) is 14.6 Å². The van der Waals surface area contributed by atoms with Crippen LogP contribution in [-0.4, -0.2) is 41.7 Å². The zero-order valence-electron chi connectivity index (χ0n) is 19.0. The molecular formula is C25H23F3N4O3. The number of aliphatic imine (C=N–C) groups is 1. The summed E-state index contributed by atoms with van der Waals surface area (Å²) >= 11 is 0. The van der Waals surface area contributed by atoms with E-state index in [1.807, 2.05) is 0 Å². The van der Waals surface area contributed by atoms with Crippen molar-refractivity contribution in [1.29, 1.82) is 5.26 Å². The number of carbonyl (C=O) groups is 2. The highest BCUT2D eigenvalue weighted by atomic mass is 19.4. The van der Waals surface area contributed by atoms with Crippen LogP contribution in [0.2, 0.25) is 0 Å². The first kappa shape index (κ1) is 24.3. The molecule has 1 N–H and O–H groups in total. The second-order valence-electron chi connectivity index (χ2n) is 8.58. The summed E-state index contributed by atoms with van der Waals surface area (Å²) in [5.74, 6) is -0.451. The van der Waals surface area contributed by atoms with Crippen LogP contribution in [0.15, 0.2) is 47.5 Å². The first-order valence-electron chi connectivity index (χ1n) is 11.1. The van der Waals surface area contributed by atoms with E-state index < -0.39 is 29.2 Å². The van der Waals surface area contributed by atoms with E-state index in [1.54, 1.807) is 30.3 Å². The van der Waals surface area contributed by atoms with Crippen molar-refractivity contribution in [2.24, 2.45) is 4.99 Å². The number of nitriles is 1. The van der Waals surface area contributed by atoms with Crippen molar-refractivity contribution in [2.75, 3.05) is 19.0 Å². The summed E-state index contributed by atoms with van der Waals surface area (Å²) in [7, 11) is 1.54. The van der Waals surface area contributed by atoms with E-state index in [0.717, 1.165) is 31.4 Å². The Morgan fingerprint density at radius 2 is 1.86 bits per heavy atom. The van der Waals surface area contributed by atoms with Crippen LogP contribution in [0.5, 0.6) is 5.75 Å². The Balaban J connectivity index is 1.59. The molecule has 1 aliphatic carbocycles. The van der Waals surface area contributed by atoms with Crippen LogP contribution in [0, 0.1) is 11.3 Å². The van der Waals surface area contributed by atoms with Crippen LogP contribution >= 0.6 is 0 Å². The Morgan fingerprint density at radius 3 is 2.46 bits per heavy atom. The van der Waals surface area contributed by atoms with Gasteiger partial charge in [0.05, 0.1) is 24.3 Å². The van der Waals surface area contributed by atoms with Crippen molar-refractivity contribution in [3.05, 3.63) is 59.2 Å². The number of ether oxygens (including phenoxy) is 1. The zero-order valence-corrected chi connectivity index (χ0v) is 19.0. The molecule has 182 valence electrons. The highest BCUT2D eigenvalue weighted by Crippen LogP contribution is 2.40. The number of amides is 2. The van der Waals surface area contributed by atoms with Crippen molar-refractivity contribution in [3.8, 4) is 11.8 Å². The number of carbonyl (C=O) groups excluding carboxylic acids is 2. The second-order valence-corrected chi connectivity index (χ2v) is 8.58. The quantitative estimate of drug-likeness (QED) is 0.675. The molecule has 0 bridgehead atoms. The number of halogens is 3. The molecule has 2 aliphatic rings. The highest BCUT2D eigenvalue weighted by Gasteiger charge is 2.48. The molecule has 2 aromatic rings. The predicted molar refractivity (Wildman–Crippen MR) is 122 cm³/mol. The molecular weight excluding hydrogens is 461 g/mol. The van der Waals surface area contributed by atoms with Crippen LogP contribution in [0.3, 0.4) is 0 Å². The maximum atomic E-state index is 13.4. The molecule has 2 amide bonds. The molecule has 35 heavy (non-hydrogen) atoms. The minimum Gasteiger partial charge on any atom is -0.497 e. The Labute approximate surface area is 200 Å². The Bertz CT molecular complexity index is 1210. The number of methoxy groups -OCH3 is 1. The summed E-state index contributed by atoms with van der Waals surface area (Å²) in [6.07, 6.45) is -0.829. The van der Waals surface area contributed by atoms with E-state index in [2.05, 4.69) is 5.32 Å². The molecule has 4 rings (SSSR count). The SMILES string of the molecule is COc1ccc(C2=NC3(CCCCC3)N(CC(=O)Nc3cc(C#N)cc(C(F)(F)F)c3)C2=O)cc1. The Morgan fingerprint density at radius 1 is 1.17 bits per heavy atom. The summed E-state index contributed by atoms with van der Waals surface area (Å²) in [5.41, 5.74) is -1.47. The van der Waals surface area contributed by atoms with Crippen LogP contribution in [0.25, 0.3) is 0 Å². The maximum absolute atomic E-state index is 13.4. The molecule has 10 heteroatoms. The van der Waals surface area contributed by atoms with E-state index in [9.17, 15) is 22.8 Å². The first-order chi connectivity index (χ1) is 16.6. The van der Waals surface area contributed by atoms with Crippen LogP contribution < -0.4 is 10.1 Å². The third-order valence-corrected chi connectivity index (χ3v) is 6.26. The van der Waals surface area contributed by atoms with Gasteiger partial charge in [-0.15, -0.1) is 0 Å². The fourth-order valence-corrected chi connectivity index (χ4v) is 4.56. The number of hydrogen-bond acceptors (Lipinski definition) is 5.